The molecule has 0 aliphatic carbocycles. The fraction of sp³-hybridized carbons (Fsp3) is 0.310. The van der Waals surface area contributed by atoms with E-state index < -0.39 is 28.5 Å². The van der Waals surface area contributed by atoms with E-state index in [0.717, 1.165) is 4.31 Å². The molecule has 0 aromatic heterocycles. The number of ether oxygens (including phenoxy) is 1. The van der Waals surface area contributed by atoms with Gasteiger partial charge in [-0.05, 0) is 74.4 Å². The maximum absolute atomic E-state index is 14.0. The van der Waals surface area contributed by atoms with E-state index in [1.54, 1.807) is 55.5 Å². The van der Waals surface area contributed by atoms with Gasteiger partial charge < -0.3 is 15.0 Å². The minimum Gasteiger partial charge on any atom is -0.497 e. The second kappa shape index (κ2) is 13.9. The molecule has 2 amide bonds. The molecule has 1 N–H and O–H groups in total. The third kappa shape index (κ3) is 7.68. The van der Waals surface area contributed by atoms with Gasteiger partial charge in [0.25, 0.3) is 10.0 Å². The first-order valence-corrected chi connectivity index (χ1v) is 14.9. The molecule has 0 aliphatic rings. The van der Waals surface area contributed by atoms with E-state index >= 15 is 0 Å². The Kier molecular flexibility index (Phi) is 10.8. The predicted molar refractivity (Wildman–Crippen MR) is 158 cm³/mol. The summed E-state index contributed by atoms with van der Waals surface area (Å²) in [6, 6.07) is 18.2. The Bertz CT molecular complexity index is 1420. The van der Waals surface area contributed by atoms with Crippen LogP contribution in [-0.4, -0.2) is 50.9 Å². The van der Waals surface area contributed by atoms with Gasteiger partial charge in [0.2, 0.25) is 11.8 Å². The number of anilines is 1. The zero-order chi connectivity index (χ0) is 29.4. The lowest BCUT2D eigenvalue weighted by Crippen LogP contribution is -2.53. The molecule has 214 valence electrons. The summed E-state index contributed by atoms with van der Waals surface area (Å²) in [5.41, 5.74) is 0.948. The molecule has 1 unspecified atom stereocenters. The smallest absolute Gasteiger partial charge is 0.264 e. The Labute approximate surface area is 245 Å². The minimum absolute atomic E-state index is 0.00872. The molecule has 0 radical (unpaired) electrons. The van der Waals surface area contributed by atoms with Crippen molar-refractivity contribution in [2.45, 2.75) is 50.7 Å². The molecule has 3 rings (SSSR count). The number of para-hydroxylation sites is 1. The van der Waals surface area contributed by atoms with Crippen LogP contribution in [0.15, 0.2) is 77.7 Å². The van der Waals surface area contributed by atoms with E-state index in [0.29, 0.717) is 33.5 Å². The van der Waals surface area contributed by atoms with E-state index in [2.05, 4.69) is 5.32 Å². The van der Waals surface area contributed by atoms with Gasteiger partial charge in [-0.3, -0.25) is 13.9 Å². The Morgan fingerprint density at radius 2 is 1.60 bits per heavy atom. The number of hydrogen-bond donors (Lipinski definition) is 1. The summed E-state index contributed by atoms with van der Waals surface area (Å²) in [5.74, 6) is -0.399. The second-order valence-corrected chi connectivity index (χ2v) is 12.1. The molecule has 0 saturated heterocycles. The fourth-order valence-electron chi connectivity index (χ4n) is 4.13. The molecular weight excluding hydrogens is 573 g/mol. The molecule has 1 atom stereocenters. The molecule has 40 heavy (non-hydrogen) atoms. The summed E-state index contributed by atoms with van der Waals surface area (Å²) in [5, 5.41) is 3.52. The number of carbonyl (C=O) groups is 2. The summed E-state index contributed by atoms with van der Waals surface area (Å²) in [4.78, 5) is 28.6. The molecule has 0 spiro atoms. The normalized spacial score (nSPS) is 12.1. The van der Waals surface area contributed by atoms with Gasteiger partial charge in [0.15, 0.2) is 0 Å². The lowest BCUT2D eigenvalue weighted by atomic mass is 10.1. The van der Waals surface area contributed by atoms with E-state index in [9.17, 15) is 18.0 Å². The van der Waals surface area contributed by atoms with Crippen LogP contribution in [0.1, 0.15) is 32.8 Å². The van der Waals surface area contributed by atoms with Crippen molar-refractivity contribution in [1.29, 1.82) is 0 Å². The average molecular weight is 607 g/mol. The molecule has 0 aliphatic heterocycles. The number of sulfonamides is 1. The van der Waals surface area contributed by atoms with Crippen molar-refractivity contribution in [3.8, 4) is 5.75 Å². The Morgan fingerprint density at radius 3 is 2.15 bits per heavy atom. The van der Waals surface area contributed by atoms with Gasteiger partial charge >= 0.3 is 0 Å². The van der Waals surface area contributed by atoms with E-state index in [4.69, 9.17) is 27.9 Å². The summed E-state index contributed by atoms with van der Waals surface area (Å²) in [6.45, 7) is 4.93. The second-order valence-electron chi connectivity index (χ2n) is 9.38. The van der Waals surface area contributed by atoms with Crippen molar-refractivity contribution in [2.75, 3.05) is 18.0 Å². The van der Waals surface area contributed by atoms with Crippen molar-refractivity contribution >= 4 is 50.7 Å². The number of methoxy groups -OCH3 is 1. The maximum Gasteiger partial charge on any atom is 0.264 e. The maximum atomic E-state index is 14.0. The van der Waals surface area contributed by atoms with Crippen molar-refractivity contribution in [3.05, 3.63) is 88.4 Å². The standard InChI is InChI=1S/C29H33Cl2N3O5S/c1-5-27(29(36)32-20(2)3)33(18-21-11-16-25(30)26(31)17-21)28(35)19-34(22-9-7-6-8-10-22)40(37,38)24-14-12-23(39-4)13-15-24/h6-17,20,27H,5,18-19H2,1-4H3,(H,32,36). The number of nitrogens with one attached hydrogen (secondary N) is 1. The largest absolute Gasteiger partial charge is 0.497 e. The van der Waals surface area contributed by atoms with Gasteiger partial charge in [-0.1, -0.05) is 54.4 Å². The van der Waals surface area contributed by atoms with Crippen LogP contribution >= 0.6 is 23.2 Å². The molecule has 3 aromatic carbocycles. The molecule has 0 heterocycles. The Morgan fingerprint density at radius 1 is 0.950 bits per heavy atom. The van der Waals surface area contributed by atoms with Crippen molar-refractivity contribution < 1.29 is 22.7 Å². The van der Waals surface area contributed by atoms with Crippen LogP contribution in [0.4, 0.5) is 5.69 Å². The fourth-order valence-corrected chi connectivity index (χ4v) is 5.87. The Hall–Kier alpha value is -3.27. The lowest BCUT2D eigenvalue weighted by molar-refractivity contribution is -0.140. The summed E-state index contributed by atoms with van der Waals surface area (Å²) < 4.78 is 33.9. The summed E-state index contributed by atoms with van der Waals surface area (Å²) in [7, 11) is -2.69. The van der Waals surface area contributed by atoms with Gasteiger partial charge in [-0.15, -0.1) is 0 Å². The van der Waals surface area contributed by atoms with Crippen LogP contribution in [-0.2, 0) is 26.2 Å². The summed E-state index contributed by atoms with van der Waals surface area (Å²) in [6.07, 6.45) is 0.308. The highest BCUT2D eigenvalue weighted by molar-refractivity contribution is 7.92. The zero-order valence-electron chi connectivity index (χ0n) is 22.8. The predicted octanol–water partition coefficient (Wildman–Crippen LogP) is 5.53. The number of hydrogen-bond acceptors (Lipinski definition) is 5. The first-order chi connectivity index (χ1) is 19.0. The van der Waals surface area contributed by atoms with Crippen molar-refractivity contribution in [3.63, 3.8) is 0 Å². The number of carbonyl (C=O) groups excluding carboxylic acids is 2. The highest BCUT2D eigenvalue weighted by Gasteiger charge is 2.34. The third-order valence-electron chi connectivity index (χ3n) is 6.12. The molecule has 0 fully saturated rings. The van der Waals surface area contributed by atoms with E-state index in [-0.39, 0.29) is 23.4 Å². The number of rotatable bonds is 12. The van der Waals surface area contributed by atoms with Crippen molar-refractivity contribution in [1.82, 2.24) is 10.2 Å². The lowest BCUT2D eigenvalue weighted by Gasteiger charge is -2.33. The number of nitrogens with zero attached hydrogens (tertiary/aromatic N) is 2. The van der Waals surface area contributed by atoms with Crippen LogP contribution in [0.3, 0.4) is 0 Å². The third-order valence-corrected chi connectivity index (χ3v) is 8.65. The molecule has 11 heteroatoms. The van der Waals surface area contributed by atoms with Gasteiger partial charge in [-0.25, -0.2) is 8.42 Å². The van der Waals surface area contributed by atoms with E-state index in [1.807, 2.05) is 13.8 Å². The first kappa shape index (κ1) is 31.3. The minimum atomic E-state index is -4.17. The van der Waals surface area contributed by atoms with Gasteiger partial charge in [0.05, 0.1) is 27.7 Å². The SMILES string of the molecule is CCC(C(=O)NC(C)C)N(Cc1ccc(Cl)c(Cl)c1)C(=O)CN(c1ccccc1)S(=O)(=O)c1ccc(OC)cc1. The monoisotopic (exact) mass is 605 g/mol. The van der Waals surface area contributed by atoms with Crippen molar-refractivity contribution in [2.24, 2.45) is 0 Å². The van der Waals surface area contributed by atoms with Crippen LogP contribution in [0.5, 0.6) is 5.75 Å². The molecule has 0 saturated carbocycles. The van der Waals surface area contributed by atoms with Crippen LogP contribution in [0.25, 0.3) is 0 Å². The van der Waals surface area contributed by atoms with Gasteiger partial charge in [0.1, 0.15) is 18.3 Å². The van der Waals surface area contributed by atoms with Crippen LogP contribution in [0.2, 0.25) is 10.0 Å². The number of benzene rings is 3. The van der Waals surface area contributed by atoms with Gasteiger partial charge in [-0.2, -0.15) is 0 Å². The quantitative estimate of drug-likeness (QED) is 0.293. The zero-order valence-corrected chi connectivity index (χ0v) is 25.1. The number of amides is 2. The Balaban J connectivity index is 2.05. The topological polar surface area (TPSA) is 96.0 Å². The molecule has 8 nitrogen and oxygen atoms in total. The molecule has 0 bridgehead atoms. The first-order valence-electron chi connectivity index (χ1n) is 12.7. The summed E-state index contributed by atoms with van der Waals surface area (Å²) >= 11 is 12.3. The van der Waals surface area contributed by atoms with Gasteiger partial charge in [0, 0.05) is 12.6 Å². The highest BCUT2D eigenvalue weighted by Crippen LogP contribution is 2.27. The van der Waals surface area contributed by atoms with Crippen LogP contribution < -0.4 is 14.4 Å². The highest BCUT2D eigenvalue weighted by atomic mass is 35.5. The molecular formula is C29H33Cl2N3O5S. The average Bonchev–Trinajstić information content (AvgIpc) is 2.93. The van der Waals surface area contributed by atoms with E-state index in [1.165, 1.54) is 36.3 Å². The number of halogens is 2. The van der Waals surface area contributed by atoms with Crippen LogP contribution in [0, 0.1) is 0 Å². The molecule has 3 aromatic rings.